The van der Waals surface area contributed by atoms with Gasteiger partial charge in [-0.25, -0.2) is 0 Å². The number of pyridine rings is 1. The molecule has 0 amide bonds. The summed E-state index contributed by atoms with van der Waals surface area (Å²) < 4.78 is 0.577. The highest BCUT2D eigenvalue weighted by molar-refractivity contribution is 7.71. The summed E-state index contributed by atoms with van der Waals surface area (Å²) in [5.74, 6) is 0.421. The molecule has 0 atom stereocenters. The molecule has 0 saturated heterocycles. The van der Waals surface area contributed by atoms with E-state index in [-0.39, 0.29) is 12.4 Å². The molecule has 0 saturated carbocycles. The summed E-state index contributed by atoms with van der Waals surface area (Å²) in [5, 5.41) is 0.424. The van der Waals surface area contributed by atoms with E-state index in [4.69, 9.17) is 29.6 Å². The number of H-pyrrole nitrogens is 1. The van der Waals surface area contributed by atoms with Crippen molar-refractivity contribution in [1.82, 2.24) is 4.98 Å². The van der Waals surface area contributed by atoms with Gasteiger partial charge in [0.1, 0.15) is 5.82 Å². The zero-order valence-corrected chi connectivity index (χ0v) is 7.32. The maximum Gasteiger partial charge on any atom is 0.121 e. The monoisotopic (exact) mass is 196 g/mol. The van der Waals surface area contributed by atoms with Gasteiger partial charge in [0, 0.05) is 6.20 Å². The molecule has 0 bridgehead atoms. The lowest BCUT2D eigenvalue weighted by molar-refractivity contribution is 1.33. The third-order valence-electron chi connectivity index (χ3n) is 0.926. The summed E-state index contributed by atoms with van der Waals surface area (Å²) in [4.78, 5) is 2.72. The molecule has 0 unspecified atom stereocenters. The normalized spacial score (nSPS) is 8.50. The Labute approximate surface area is 74.8 Å². The first-order valence-corrected chi connectivity index (χ1v) is 3.13. The molecule has 0 aliphatic rings. The van der Waals surface area contributed by atoms with Gasteiger partial charge in [0.05, 0.1) is 9.53 Å². The molecule has 0 aliphatic carbocycles. The Kier molecular flexibility index (Phi) is 3.71. The van der Waals surface area contributed by atoms with Crippen molar-refractivity contribution in [2.24, 2.45) is 0 Å². The molecule has 5 heteroatoms. The van der Waals surface area contributed by atoms with Crippen molar-refractivity contribution in [1.29, 1.82) is 0 Å². The second-order valence-electron chi connectivity index (χ2n) is 1.57. The van der Waals surface area contributed by atoms with Crippen molar-refractivity contribution in [3.05, 3.63) is 21.8 Å². The molecule has 1 aromatic heterocycles. The van der Waals surface area contributed by atoms with Crippen LogP contribution in [0, 0.1) is 4.51 Å². The van der Waals surface area contributed by atoms with Crippen molar-refractivity contribution < 1.29 is 0 Å². The molecule has 1 aromatic rings. The van der Waals surface area contributed by atoms with Crippen molar-refractivity contribution in [3.8, 4) is 0 Å². The standard InChI is InChI=1S/C5H5ClN2S.ClH/c6-4-3(9)1-2-8-5(4)7;/h1-2H,(H3,7,8,9);1H. The number of nitrogen functional groups attached to an aromatic ring is 1. The first-order chi connectivity index (χ1) is 4.22. The van der Waals surface area contributed by atoms with Gasteiger partial charge < -0.3 is 10.7 Å². The molecule has 0 radical (unpaired) electrons. The molecule has 56 valence electrons. The molecule has 10 heavy (non-hydrogen) atoms. The number of halogens is 2. The highest BCUT2D eigenvalue weighted by Crippen LogP contribution is 2.15. The van der Waals surface area contributed by atoms with E-state index in [1.807, 2.05) is 0 Å². The lowest BCUT2D eigenvalue weighted by Crippen LogP contribution is -1.89. The Morgan fingerprint density at radius 3 is 2.60 bits per heavy atom. The fraction of sp³-hybridized carbons (Fsp3) is 0. The Balaban J connectivity index is 0.000000810. The molecule has 0 fully saturated rings. The van der Waals surface area contributed by atoms with E-state index in [9.17, 15) is 0 Å². The molecule has 1 rings (SSSR count). The number of nitrogens with one attached hydrogen (secondary N) is 1. The van der Waals surface area contributed by atoms with Crippen LogP contribution in [0.15, 0.2) is 12.3 Å². The summed E-state index contributed by atoms with van der Waals surface area (Å²) in [6.07, 6.45) is 1.66. The predicted octanol–water partition coefficient (Wildman–Crippen LogP) is 2.40. The third-order valence-corrected chi connectivity index (χ3v) is 1.79. The summed E-state index contributed by atoms with van der Waals surface area (Å²) in [6.45, 7) is 0. The van der Waals surface area contributed by atoms with Gasteiger partial charge in [-0.2, -0.15) is 0 Å². The van der Waals surface area contributed by atoms with Gasteiger partial charge in [0.2, 0.25) is 0 Å². The Morgan fingerprint density at radius 2 is 2.20 bits per heavy atom. The van der Waals surface area contributed by atoms with Crippen molar-refractivity contribution >= 4 is 42.0 Å². The van der Waals surface area contributed by atoms with Crippen LogP contribution in [0.5, 0.6) is 0 Å². The Hall–Kier alpha value is -0.250. The zero-order valence-electron chi connectivity index (χ0n) is 4.93. The lowest BCUT2D eigenvalue weighted by Gasteiger charge is -1.93. The van der Waals surface area contributed by atoms with Crippen LogP contribution in [-0.2, 0) is 0 Å². The smallest absolute Gasteiger partial charge is 0.121 e. The van der Waals surface area contributed by atoms with E-state index >= 15 is 0 Å². The van der Waals surface area contributed by atoms with Crippen molar-refractivity contribution in [2.45, 2.75) is 0 Å². The van der Waals surface area contributed by atoms with Crippen LogP contribution in [0.25, 0.3) is 0 Å². The van der Waals surface area contributed by atoms with Crippen LogP contribution in [0.3, 0.4) is 0 Å². The highest BCUT2D eigenvalue weighted by Gasteiger charge is 1.93. The topological polar surface area (TPSA) is 41.8 Å². The number of hydrogen-bond donors (Lipinski definition) is 2. The third kappa shape index (κ3) is 1.87. The van der Waals surface area contributed by atoms with Gasteiger partial charge in [-0.3, -0.25) is 0 Å². The SMILES string of the molecule is Cl.Nc1[nH]ccc(=S)c1Cl. The molecular formula is C5H6Cl2N2S. The molecular weight excluding hydrogens is 191 g/mol. The van der Waals surface area contributed by atoms with Gasteiger partial charge in [0.25, 0.3) is 0 Å². The second kappa shape index (κ2) is 3.81. The molecule has 0 aliphatic heterocycles. The minimum absolute atomic E-state index is 0. The van der Waals surface area contributed by atoms with Crippen LogP contribution >= 0.6 is 36.2 Å². The Morgan fingerprint density at radius 1 is 1.60 bits per heavy atom. The summed E-state index contributed by atoms with van der Waals surface area (Å²) in [6, 6.07) is 1.69. The number of aromatic amines is 1. The maximum absolute atomic E-state index is 5.62. The molecule has 3 N–H and O–H groups in total. The Bertz CT molecular complexity index is 271. The fourth-order valence-corrected chi connectivity index (χ4v) is 0.772. The van der Waals surface area contributed by atoms with Crippen LogP contribution in [-0.4, -0.2) is 4.98 Å². The average molecular weight is 197 g/mol. The van der Waals surface area contributed by atoms with E-state index in [2.05, 4.69) is 4.98 Å². The van der Waals surface area contributed by atoms with Gasteiger partial charge in [-0.1, -0.05) is 23.8 Å². The van der Waals surface area contributed by atoms with Crippen LogP contribution in [0.2, 0.25) is 5.02 Å². The zero-order chi connectivity index (χ0) is 6.85. The number of aromatic nitrogens is 1. The van der Waals surface area contributed by atoms with Crippen LogP contribution in [0.1, 0.15) is 0 Å². The minimum atomic E-state index is 0. The van der Waals surface area contributed by atoms with Gasteiger partial charge in [-0.05, 0) is 6.07 Å². The number of anilines is 1. The van der Waals surface area contributed by atoms with Crippen molar-refractivity contribution in [3.63, 3.8) is 0 Å². The molecule has 1 heterocycles. The van der Waals surface area contributed by atoms with Gasteiger partial charge in [0.15, 0.2) is 0 Å². The van der Waals surface area contributed by atoms with E-state index in [1.54, 1.807) is 12.3 Å². The summed E-state index contributed by atoms with van der Waals surface area (Å²) >= 11 is 10.4. The minimum Gasteiger partial charge on any atom is -0.384 e. The molecule has 0 spiro atoms. The van der Waals surface area contributed by atoms with E-state index in [0.717, 1.165) is 0 Å². The van der Waals surface area contributed by atoms with Crippen LogP contribution in [0.4, 0.5) is 5.82 Å². The van der Waals surface area contributed by atoms with E-state index in [0.29, 0.717) is 15.4 Å². The van der Waals surface area contributed by atoms with Crippen molar-refractivity contribution in [2.75, 3.05) is 5.73 Å². The quantitative estimate of drug-likeness (QED) is 0.627. The lowest BCUT2D eigenvalue weighted by atomic mass is 10.5. The van der Waals surface area contributed by atoms with E-state index < -0.39 is 0 Å². The second-order valence-corrected chi connectivity index (χ2v) is 2.39. The molecule has 2 nitrogen and oxygen atoms in total. The predicted molar refractivity (Wildman–Crippen MR) is 48.3 cm³/mol. The average Bonchev–Trinajstić information content (AvgIpc) is 1.83. The largest absolute Gasteiger partial charge is 0.384 e. The van der Waals surface area contributed by atoms with E-state index in [1.165, 1.54) is 0 Å². The highest BCUT2D eigenvalue weighted by atomic mass is 35.5. The number of nitrogens with two attached hydrogens (primary N) is 1. The van der Waals surface area contributed by atoms with Gasteiger partial charge in [-0.15, -0.1) is 12.4 Å². The summed E-state index contributed by atoms with van der Waals surface area (Å²) in [5.41, 5.74) is 5.37. The fourth-order valence-electron chi connectivity index (χ4n) is 0.476. The maximum atomic E-state index is 5.62. The first kappa shape index (κ1) is 9.75. The van der Waals surface area contributed by atoms with Gasteiger partial charge >= 0.3 is 0 Å². The number of rotatable bonds is 0. The number of hydrogen-bond acceptors (Lipinski definition) is 2. The summed E-state index contributed by atoms with van der Waals surface area (Å²) in [7, 11) is 0. The first-order valence-electron chi connectivity index (χ1n) is 2.34. The van der Waals surface area contributed by atoms with Crippen LogP contribution < -0.4 is 5.73 Å². The molecule has 0 aromatic carbocycles.